The monoisotopic (exact) mass is 228 g/mol. The number of carbonyl (C=O) groups is 1. The zero-order valence-electron chi connectivity index (χ0n) is 7.09. The van der Waals surface area contributed by atoms with Crippen LogP contribution in [-0.2, 0) is 5.88 Å². The quantitative estimate of drug-likeness (QED) is 0.567. The predicted octanol–water partition coefficient (Wildman–Crippen LogP) is 3.59. The van der Waals surface area contributed by atoms with E-state index in [2.05, 4.69) is 0 Å². The first-order valence-corrected chi connectivity index (χ1v) is 5.39. The molecule has 4 heteroatoms. The Hall–Kier alpha value is -0.930. The summed E-state index contributed by atoms with van der Waals surface area (Å²) in [6, 6.07) is 3.07. The number of rotatable bonds is 2. The molecule has 0 aliphatic heterocycles. The standard InChI is InChI=1S/C10H6ClFOS/c11-4-6-3-9(12)8(5-13)7-1-2-14-10(6)7/h1-3,5H,4H2. The molecule has 0 saturated heterocycles. The maximum absolute atomic E-state index is 13.4. The van der Waals surface area contributed by atoms with Gasteiger partial charge in [-0.05, 0) is 23.1 Å². The Kier molecular flexibility index (Phi) is 2.52. The third kappa shape index (κ3) is 1.33. The lowest BCUT2D eigenvalue weighted by atomic mass is 10.1. The van der Waals surface area contributed by atoms with Crippen molar-refractivity contribution in [3.63, 3.8) is 0 Å². The van der Waals surface area contributed by atoms with Gasteiger partial charge in [0.25, 0.3) is 0 Å². The third-order valence-electron chi connectivity index (χ3n) is 2.07. The second-order valence-electron chi connectivity index (χ2n) is 2.85. The lowest BCUT2D eigenvalue weighted by molar-refractivity contribution is 0.112. The Morgan fingerprint density at radius 2 is 2.36 bits per heavy atom. The highest BCUT2D eigenvalue weighted by Gasteiger charge is 2.11. The van der Waals surface area contributed by atoms with E-state index in [1.54, 1.807) is 6.07 Å². The van der Waals surface area contributed by atoms with Crippen LogP contribution in [0.3, 0.4) is 0 Å². The first-order chi connectivity index (χ1) is 6.77. The predicted molar refractivity (Wildman–Crippen MR) is 56.7 cm³/mol. The molecular weight excluding hydrogens is 223 g/mol. The van der Waals surface area contributed by atoms with Crippen LogP contribution in [0, 0.1) is 5.82 Å². The van der Waals surface area contributed by atoms with Crippen LogP contribution in [0.2, 0.25) is 0 Å². The Labute approximate surface area is 89.1 Å². The van der Waals surface area contributed by atoms with E-state index in [1.807, 2.05) is 5.38 Å². The summed E-state index contributed by atoms with van der Waals surface area (Å²) < 4.78 is 14.3. The minimum absolute atomic E-state index is 0.120. The SMILES string of the molecule is O=Cc1c(F)cc(CCl)c2sccc12. The van der Waals surface area contributed by atoms with E-state index in [4.69, 9.17) is 11.6 Å². The molecule has 72 valence electrons. The Morgan fingerprint density at radius 3 is 3.00 bits per heavy atom. The summed E-state index contributed by atoms with van der Waals surface area (Å²) in [5.41, 5.74) is 0.856. The molecule has 0 aliphatic carbocycles. The molecule has 0 atom stereocenters. The Bertz CT molecular complexity index is 492. The van der Waals surface area contributed by atoms with Crippen molar-refractivity contribution in [1.82, 2.24) is 0 Å². The second kappa shape index (κ2) is 3.67. The summed E-state index contributed by atoms with van der Waals surface area (Å²) in [5.74, 6) is -0.242. The number of carbonyl (C=O) groups excluding carboxylic acids is 1. The van der Waals surface area contributed by atoms with Crippen molar-refractivity contribution in [2.24, 2.45) is 0 Å². The fourth-order valence-corrected chi connectivity index (χ4v) is 2.63. The van der Waals surface area contributed by atoms with Gasteiger partial charge < -0.3 is 0 Å². The van der Waals surface area contributed by atoms with Gasteiger partial charge in [-0.25, -0.2) is 4.39 Å². The number of benzene rings is 1. The molecule has 0 spiro atoms. The van der Waals surface area contributed by atoms with Crippen LogP contribution in [-0.4, -0.2) is 6.29 Å². The van der Waals surface area contributed by atoms with Gasteiger partial charge in [0.05, 0.1) is 5.56 Å². The first-order valence-electron chi connectivity index (χ1n) is 3.97. The minimum atomic E-state index is -0.499. The van der Waals surface area contributed by atoms with E-state index in [1.165, 1.54) is 17.4 Å². The number of alkyl halides is 1. The van der Waals surface area contributed by atoms with E-state index < -0.39 is 5.82 Å². The fourth-order valence-electron chi connectivity index (χ4n) is 1.41. The highest BCUT2D eigenvalue weighted by molar-refractivity contribution is 7.17. The van der Waals surface area contributed by atoms with Gasteiger partial charge >= 0.3 is 0 Å². The molecule has 1 aromatic heterocycles. The molecule has 1 nitrogen and oxygen atoms in total. The summed E-state index contributed by atoms with van der Waals surface area (Å²) in [4.78, 5) is 10.7. The van der Waals surface area contributed by atoms with E-state index >= 15 is 0 Å². The van der Waals surface area contributed by atoms with E-state index in [9.17, 15) is 9.18 Å². The van der Waals surface area contributed by atoms with Crippen molar-refractivity contribution < 1.29 is 9.18 Å². The molecule has 1 aromatic carbocycles. The number of hydrogen-bond donors (Lipinski definition) is 0. The fraction of sp³-hybridized carbons (Fsp3) is 0.100. The van der Waals surface area contributed by atoms with Crippen LogP contribution in [0.25, 0.3) is 10.1 Å². The largest absolute Gasteiger partial charge is 0.298 e. The maximum Gasteiger partial charge on any atom is 0.153 e. The molecule has 0 radical (unpaired) electrons. The van der Waals surface area contributed by atoms with Crippen LogP contribution in [0.1, 0.15) is 15.9 Å². The molecule has 0 fully saturated rings. The van der Waals surface area contributed by atoms with Crippen LogP contribution < -0.4 is 0 Å². The van der Waals surface area contributed by atoms with Gasteiger partial charge in [-0.15, -0.1) is 22.9 Å². The average Bonchev–Trinajstić information content (AvgIpc) is 2.65. The van der Waals surface area contributed by atoms with Crippen molar-refractivity contribution in [2.45, 2.75) is 5.88 Å². The van der Waals surface area contributed by atoms with Gasteiger partial charge in [0, 0.05) is 16.0 Å². The molecule has 2 aromatic rings. The molecule has 0 aliphatic rings. The molecule has 14 heavy (non-hydrogen) atoms. The zero-order valence-corrected chi connectivity index (χ0v) is 8.66. The molecule has 2 rings (SSSR count). The Morgan fingerprint density at radius 1 is 1.57 bits per heavy atom. The minimum Gasteiger partial charge on any atom is -0.298 e. The van der Waals surface area contributed by atoms with Gasteiger partial charge in [0.1, 0.15) is 5.82 Å². The third-order valence-corrected chi connectivity index (χ3v) is 3.35. The Balaban J connectivity index is 2.88. The van der Waals surface area contributed by atoms with Crippen LogP contribution >= 0.6 is 22.9 Å². The molecular formula is C10H6ClFOS. The van der Waals surface area contributed by atoms with Gasteiger partial charge in [-0.3, -0.25) is 4.79 Å². The smallest absolute Gasteiger partial charge is 0.153 e. The number of hydrogen-bond acceptors (Lipinski definition) is 2. The highest BCUT2D eigenvalue weighted by Crippen LogP contribution is 2.30. The first kappa shape index (κ1) is 9.62. The summed E-state index contributed by atoms with van der Waals surface area (Å²) in [6.45, 7) is 0. The van der Waals surface area contributed by atoms with Crippen LogP contribution in [0.4, 0.5) is 4.39 Å². The number of aldehydes is 1. The van der Waals surface area contributed by atoms with E-state index in [0.717, 1.165) is 10.3 Å². The highest BCUT2D eigenvalue weighted by atomic mass is 35.5. The van der Waals surface area contributed by atoms with Gasteiger partial charge in [0.2, 0.25) is 0 Å². The molecule has 0 amide bonds. The van der Waals surface area contributed by atoms with Gasteiger partial charge in [0.15, 0.2) is 6.29 Å². The molecule has 0 unspecified atom stereocenters. The van der Waals surface area contributed by atoms with Crippen molar-refractivity contribution in [3.05, 3.63) is 34.5 Å². The number of thiophene rings is 1. The molecule has 0 saturated carbocycles. The second-order valence-corrected chi connectivity index (χ2v) is 4.03. The summed E-state index contributed by atoms with van der Waals surface area (Å²) in [5, 5.41) is 2.48. The maximum atomic E-state index is 13.4. The average molecular weight is 229 g/mol. The zero-order chi connectivity index (χ0) is 10.1. The lowest BCUT2D eigenvalue weighted by Gasteiger charge is -2.02. The summed E-state index contributed by atoms with van der Waals surface area (Å²) in [7, 11) is 0. The van der Waals surface area contributed by atoms with Gasteiger partial charge in [-0.1, -0.05) is 0 Å². The van der Waals surface area contributed by atoms with E-state index in [0.29, 0.717) is 11.7 Å². The summed E-state index contributed by atoms with van der Waals surface area (Å²) >= 11 is 7.15. The number of fused-ring (bicyclic) bond motifs is 1. The molecule has 0 bridgehead atoms. The van der Waals surface area contributed by atoms with Crippen molar-refractivity contribution >= 4 is 39.3 Å². The van der Waals surface area contributed by atoms with Crippen molar-refractivity contribution in [3.8, 4) is 0 Å². The lowest BCUT2D eigenvalue weighted by Crippen LogP contribution is -1.91. The van der Waals surface area contributed by atoms with Gasteiger partial charge in [-0.2, -0.15) is 0 Å². The van der Waals surface area contributed by atoms with Crippen molar-refractivity contribution in [1.29, 1.82) is 0 Å². The summed E-state index contributed by atoms with van der Waals surface area (Å²) in [6.07, 6.45) is 0.544. The van der Waals surface area contributed by atoms with E-state index in [-0.39, 0.29) is 11.4 Å². The molecule has 0 N–H and O–H groups in total. The van der Waals surface area contributed by atoms with Crippen molar-refractivity contribution in [2.75, 3.05) is 0 Å². The number of halogens is 2. The van der Waals surface area contributed by atoms with Crippen LogP contribution in [0.15, 0.2) is 17.5 Å². The topological polar surface area (TPSA) is 17.1 Å². The van der Waals surface area contributed by atoms with Crippen LogP contribution in [0.5, 0.6) is 0 Å². The normalized spacial score (nSPS) is 10.7. The molecule has 1 heterocycles.